The molecule has 330 valence electrons. The van der Waals surface area contributed by atoms with Gasteiger partial charge in [0.25, 0.3) is 0 Å². The highest BCUT2D eigenvalue weighted by Crippen LogP contribution is 2.42. The fourth-order valence-electron chi connectivity index (χ4n) is 8.46. The van der Waals surface area contributed by atoms with Gasteiger partial charge >= 0.3 is 0 Å². The number of anilines is 5. The summed E-state index contributed by atoms with van der Waals surface area (Å²) in [5.74, 6) is 0.851. The first-order chi connectivity index (χ1) is 30.4. The molecule has 3 aromatic carbocycles. The predicted molar refractivity (Wildman–Crippen MR) is 253 cm³/mol. The number of imide groups is 1. The Balaban J connectivity index is 0.834. The Morgan fingerprint density at radius 2 is 1.75 bits per heavy atom. The number of aromatic nitrogens is 4. The van der Waals surface area contributed by atoms with Gasteiger partial charge in [-0.3, -0.25) is 19.9 Å². The number of amides is 2. The van der Waals surface area contributed by atoms with E-state index in [1.165, 1.54) is 11.3 Å². The van der Waals surface area contributed by atoms with Gasteiger partial charge in [-0.05, 0) is 122 Å². The fraction of sp³-hybridized carbons (Fsp3) is 0.391. The van der Waals surface area contributed by atoms with Crippen molar-refractivity contribution in [3.8, 4) is 5.75 Å². The minimum atomic E-state index is -2.72. The van der Waals surface area contributed by atoms with E-state index in [4.69, 9.17) is 14.1 Å². The number of methoxy groups -OCH3 is 1. The number of piperidine rings is 2. The van der Waals surface area contributed by atoms with E-state index in [0.29, 0.717) is 57.1 Å². The summed E-state index contributed by atoms with van der Waals surface area (Å²) in [5, 5.41) is 18.1. The number of oxazole rings is 1. The molecule has 6 aromatic rings. The van der Waals surface area contributed by atoms with Crippen LogP contribution >= 0.6 is 23.1 Å². The van der Waals surface area contributed by atoms with Crippen LogP contribution in [0.3, 0.4) is 0 Å². The summed E-state index contributed by atoms with van der Waals surface area (Å²) in [6.07, 6.45) is 6.14. The standard InChI is InChI=1S/C46H54BrN10O5P/c1-6-29-24-37(54-46-50-26-33(47)43(56-46)52-36-13-12-34-31(9-7-27(2)51-34)42(36)63(4,5)60)39(61-3)25-38(29)57-21-16-30(17-22-57)49-20-19-48-18-15-28-8-11-35-40(23-28)62-45(53-35)32-10-14-41(58)55-44(32)59/h7-9,11-13,23-26,30,32,48-49H,6,10,14-22H2,1-5H3,(H,55,58,59)(H2,50,52,54,56). The van der Waals surface area contributed by atoms with E-state index in [9.17, 15) is 14.2 Å². The third kappa shape index (κ3) is 10.2. The number of pyridine rings is 1. The lowest BCUT2D eigenvalue weighted by Gasteiger charge is -2.35. The molecule has 15 nitrogen and oxygen atoms in total. The third-order valence-corrected chi connectivity index (χ3v) is 13.9. The number of hydrogen-bond donors (Lipinski definition) is 5. The molecule has 3 aromatic heterocycles. The minimum absolute atomic E-state index is 0.254. The van der Waals surface area contributed by atoms with Crippen molar-refractivity contribution in [1.82, 2.24) is 35.9 Å². The van der Waals surface area contributed by atoms with E-state index in [0.717, 1.165) is 91.6 Å². The van der Waals surface area contributed by atoms with Crippen molar-refractivity contribution in [2.75, 3.05) is 68.7 Å². The van der Waals surface area contributed by atoms with E-state index in [1.54, 1.807) is 26.6 Å². The van der Waals surface area contributed by atoms with Gasteiger partial charge in [-0.25, -0.2) is 9.97 Å². The van der Waals surface area contributed by atoms with Crippen LogP contribution in [0, 0.1) is 6.92 Å². The maximum atomic E-state index is 13.6. The Labute approximate surface area is 375 Å². The Morgan fingerprint density at radius 3 is 2.51 bits per heavy atom. The van der Waals surface area contributed by atoms with E-state index in [1.807, 2.05) is 49.4 Å². The van der Waals surface area contributed by atoms with Gasteiger partial charge in [0.05, 0.1) is 28.5 Å². The predicted octanol–water partition coefficient (Wildman–Crippen LogP) is 7.45. The molecule has 8 rings (SSSR count). The number of hydrogen-bond acceptors (Lipinski definition) is 14. The van der Waals surface area contributed by atoms with Gasteiger partial charge in [0.1, 0.15) is 30.1 Å². The van der Waals surface area contributed by atoms with Crippen molar-refractivity contribution in [2.45, 2.75) is 64.3 Å². The number of aryl methyl sites for hydroxylation is 2. The number of fused-ring (bicyclic) bond motifs is 2. The van der Waals surface area contributed by atoms with Crippen LogP contribution < -0.4 is 41.5 Å². The lowest BCUT2D eigenvalue weighted by Crippen LogP contribution is -2.44. The van der Waals surface area contributed by atoms with Gasteiger partial charge in [-0.2, -0.15) is 4.98 Å². The van der Waals surface area contributed by atoms with E-state index in [2.05, 4.69) is 81.4 Å². The summed E-state index contributed by atoms with van der Waals surface area (Å²) in [5.41, 5.74) is 8.05. The van der Waals surface area contributed by atoms with E-state index < -0.39 is 13.1 Å². The lowest BCUT2D eigenvalue weighted by molar-refractivity contribution is -0.134. The first-order valence-electron chi connectivity index (χ1n) is 21.5. The summed E-state index contributed by atoms with van der Waals surface area (Å²) in [7, 11) is -1.05. The molecule has 63 heavy (non-hydrogen) atoms. The van der Waals surface area contributed by atoms with Crippen LogP contribution in [0.4, 0.5) is 28.8 Å². The van der Waals surface area contributed by atoms with Crippen molar-refractivity contribution in [3.63, 3.8) is 0 Å². The van der Waals surface area contributed by atoms with Gasteiger partial charge in [-0.1, -0.05) is 19.1 Å². The Bertz CT molecular complexity index is 2710. The van der Waals surface area contributed by atoms with Crippen molar-refractivity contribution < 1.29 is 23.3 Å². The highest BCUT2D eigenvalue weighted by molar-refractivity contribution is 9.10. The molecule has 2 fully saturated rings. The number of carbonyl (C=O) groups excluding carboxylic acids is 2. The van der Waals surface area contributed by atoms with Gasteiger partial charge in [0.2, 0.25) is 23.7 Å². The van der Waals surface area contributed by atoms with Gasteiger partial charge in [0, 0.05) is 73.0 Å². The molecule has 0 saturated carbocycles. The molecule has 0 spiro atoms. The van der Waals surface area contributed by atoms with Crippen molar-refractivity contribution in [2.24, 2.45) is 0 Å². The summed E-state index contributed by atoms with van der Waals surface area (Å²) < 4.78 is 26.2. The van der Waals surface area contributed by atoms with Crippen LogP contribution in [0.2, 0.25) is 0 Å². The molecule has 5 N–H and O–H groups in total. The molecule has 2 amide bonds. The summed E-state index contributed by atoms with van der Waals surface area (Å²) >= 11 is 3.61. The fourth-order valence-corrected chi connectivity index (χ4v) is 10.2. The number of ether oxygens (including phenoxy) is 1. The highest BCUT2D eigenvalue weighted by atomic mass is 79.9. The molecule has 17 heteroatoms. The van der Waals surface area contributed by atoms with Crippen LogP contribution in [-0.4, -0.2) is 91.0 Å². The lowest BCUT2D eigenvalue weighted by atomic mass is 9.98. The van der Waals surface area contributed by atoms with Gasteiger partial charge in [-0.15, -0.1) is 0 Å². The van der Waals surface area contributed by atoms with Crippen LogP contribution in [0.1, 0.15) is 61.2 Å². The zero-order chi connectivity index (χ0) is 44.3. The second-order valence-electron chi connectivity index (χ2n) is 16.6. The van der Waals surface area contributed by atoms with Gasteiger partial charge in [0.15, 0.2) is 5.58 Å². The zero-order valence-electron chi connectivity index (χ0n) is 36.3. The Hall–Kier alpha value is -5.41. The maximum Gasteiger partial charge on any atom is 0.239 e. The summed E-state index contributed by atoms with van der Waals surface area (Å²) in [6.45, 7) is 12.1. The third-order valence-electron chi connectivity index (χ3n) is 11.7. The number of nitrogens with one attached hydrogen (secondary N) is 5. The molecular weight excluding hydrogens is 883 g/mol. The molecule has 2 saturated heterocycles. The SMILES string of the molecule is CCc1cc(Nc2ncc(Br)c(Nc3ccc4nc(C)ccc4c3P(C)(C)=O)n2)c(OC)cc1N1CCC(NCCNCCc2ccc3nc(C4CCC(=O)NC4=O)oc3c2)CC1. The molecule has 5 heterocycles. The van der Waals surface area contributed by atoms with Crippen LogP contribution in [0.15, 0.2) is 69.7 Å². The summed E-state index contributed by atoms with van der Waals surface area (Å²) in [6, 6.07) is 18.4. The van der Waals surface area contributed by atoms with Crippen LogP contribution in [0.5, 0.6) is 5.75 Å². The molecule has 2 aliphatic heterocycles. The molecule has 2 aliphatic rings. The Kier molecular flexibility index (Phi) is 13.4. The highest BCUT2D eigenvalue weighted by Gasteiger charge is 2.32. The average molecular weight is 938 g/mol. The molecule has 1 atom stereocenters. The number of benzene rings is 3. The van der Waals surface area contributed by atoms with E-state index in [-0.39, 0.29) is 18.2 Å². The first kappa shape index (κ1) is 44.2. The number of rotatable bonds is 16. The second-order valence-corrected chi connectivity index (χ2v) is 20.6. The van der Waals surface area contributed by atoms with Crippen LogP contribution in [-0.2, 0) is 27.0 Å². The number of nitrogens with zero attached hydrogens (tertiary/aromatic N) is 5. The summed E-state index contributed by atoms with van der Waals surface area (Å²) in [4.78, 5) is 44.8. The zero-order valence-corrected chi connectivity index (χ0v) is 38.8. The number of carbonyl (C=O) groups is 2. The molecule has 0 radical (unpaired) electrons. The molecular formula is C46H54BrN10O5P. The average Bonchev–Trinajstić information content (AvgIpc) is 3.69. The monoisotopic (exact) mass is 936 g/mol. The second kappa shape index (κ2) is 19.1. The van der Waals surface area contributed by atoms with Crippen molar-refractivity contribution in [3.05, 3.63) is 88.0 Å². The molecule has 0 bridgehead atoms. The maximum absolute atomic E-state index is 13.6. The smallest absolute Gasteiger partial charge is 0.239 e. The first-order valence-corrected chi connectivity index (χ1v) is 24.9. The van der Waals surface area contributed by atoms with E-state index >= 15 is 0 Å². The van der Waals surface area contributed by atoms with Crippen molar-refractivity contribution >= 4 is 91.0 Å². The minimum Gasteiger partial charge on any atom is -0.494 e. The van der Waals surface area contributed by atoms with Gasteiger partial charge < -0.3 is 39.9 Å². The number of halogens is 1. The Morgan fingerprint density at radius 1 is 0.937 bits per heavy atom. The van der Waals surface area contributed by atoms with Crippen molar-refractivity contribution in [1.29, 1.82) is 0 Å². The topological polar surface area (TPSA) is 189 Å². The largest absolute Gasteiger partial charge is 0.494 e. The quantitative estimate of drug-likeness (QED) is 0.0366. The normalized spacial score (nSPS) is 16.2. The molecule has 1 unspecified atom stereocenters. The molecule has 0 aliphatic carbocycles. The van der Waals surface area contributed by atoms with Crippen LogP contribution in [0.25, 0.3) is 22.0 Å².